The molecule has 1 atom stereocenters. The van der Waals surface area contributed by atoms with Crippen LogP contribution in [-0.4, -0.2) is 46.5 Å². The first-order valence-corrected chi connectivity index (χ1v) is 5.99. The molecular weight excluding hydrogens is 227 g/mol. The number of rotatable bonds is 8. The van der Waals surface area contributed by atoms with Crippen LogP contribution in [-0.2, 0) is 14.1 Å². The lowest BCUT2D eigenvalue weighted by Crippen LogP contribution is -2.39. The third kappa shape index (κ3) is 8.49. The maximum absolute atomic E-state index is 10.5. The smallest absolute Gasteiger partial charge is 0.348 e. The number of carboxylic acids is 1. The van der Waals surface area contributed by atoms with Gasteiger partial charge in [0.15, 0.2) is 0 Å². The summed E-state index contributed by atoms with van der Waals surface area (Å²) < 4.78 is 15.3. The van der Waals surface area contributed by atoms with E-state index < -0.39 is 26.1 Å². The molecule has 0 heterocycles. The number of aliphatic carboxylic acids is 1. The minimum Gasteiger partial charge on any atom is -0.478 e. The summed E-state index contributed by atoms with van der Waals surface area (Å²) >= 11 is 0. The van der Waals surface area contributed by atoms with E-state index in [2.05, 4.69) is 5.32 Å². The van der Waals surface area contributed by atoms with Crippen molar-refractivity contribution < 1.29 is 29.0 Å². The first-order valence-electron chi connectivity index (χ1n) is 4.19. The third-order valence-electron chi connectivity index (χ3n) is 1.34. The lowest BCUT2D eigenvalue weighted by atomic mass is 10.4. The lowest BCUT2D eigenvalue weighted by Gasteiger charge is -2.15. The minimum atomic E-state index is -4.28. The second-order valence-corrected chi connectivity index (χ2v) is 4.40. The van der Waals surface area contributed by atoms with Gasteiger partial charge < -0.3 is 25.4 Å². The summed E-state index contributed by atoms with van der Waals surface area (Å²) in [5.74, 6) is -1.33. The Kier molecular flexibility index (Phi) is 6.66. The van der Waals surface area contributed by atoms with Crippen molar-refractivity contribution in [3.05, 3.63) is 0 Å². The molecule has 0 radical (unpaired) electrons. The zero-order valence-electron chi connectivity index (χ0n) is 8.00. The maximum Gasteiger partial charge on any atom is 0.348 e. The Morgan fingerprint density at radius 2 is 2.13 bits per heavy atom. The van der Waals surface area contributed by atoms with Crippen LogP contribution in [0.15, 0.2) is 0 Å². The average Bonchev–Trinajstić information content (AvgIpc) is 2.08. The Hall–Kier alpha value is -0.500. The van der Waals surface area contributed by atoms with E-state index in [-0.39, 0.29) is 6.61 Å². The van der Waals surface area contributed by atoms with Gasteiger partial charge in [0.05, 0.1) is 6.61 Å². The molecule has 0 aromatic heterocycles. The van der Waals surface area contributed by atoms with E-state index in [1.807, 2.05) is 0 Å². The highest BCUT2D eigenvalue weighted by molar-refractivity contribution is 7.51. The second kappa shape index (κ2) is 6.89. The Labute approximate surface area is 86.6 Å². The molecule has 0 saturated heterocycles. The summed E-state index contributed by atoms with van der Waals surface area (Å²) in [4.78, 5) is 27.5. The molecule has 0 aliphatic heterocycles. The van der Waals surface area contributed by atoms with Crippen molar-refractivity contribution in [1.29, 1.82) is 0 Å². The molecule has 0 aromatic carbocycles. The molecule has 0 amide bonds. The normalized spacial score (nSPS) is 13.8. The van der Waals surface area contributed by atoms with E-state index in [1.54, 1.807) is 0 Å². The summed E-state index contributed by atoms with van der Waals surface area (Å²) in [6.07, 6.45) is -1.70. The van der Waals surface area contributed by atoms with Crippen molar-refractivity contribution in [1.82, 2.24) is 5.32 Å². The molecule has 6 N–H and O–H groups in total. The summed E-state index contributed by atoms with van der Waals surface area (Å²) in [5, 5.41) is 10.7. The molecule has 8 nitrogen and oxygen atoms in total. The molecule has 0 rings (SSSR count). The van der Waals surface area contributed by atoms with Crippen LogP contribution < -0.4 is 11.1 Å². The topological polar surface area (TPSA) is 142 Å². The zero-order chi connectivity index (χ0) is 11.9. The molecule has 0 aliphatic carbocycles. The number of carboxylic acid groups (broad SMARTS) is 1. The molecule has 90 valence electrons. The Morgan fingerprint density at radius 1 is 1.53 bits per heavy atom. The van der Waals surface area contributed by atoms with Crippen molar-refractivity contribution in [2.75, 3.05) is 19.4 Å². The highest BCUT2D eigenvalue weighted by Crippen LogP contribution is 2.32. The molecule has 9 heteroatoms. The van der Waals surface area contributed by atoms with E-state index in [4.69, 9.17) is 25.4 Å². The standard InChI is InChI=1S/C6H15N2O6P/c7-2-1-3-14-5(6(9)10)8-4-15(11,12)13/h5,8H,1-4,7H2,(H,9,10)(H2,11,12,13). The van der Waals surface area contributed by atoms with E-state index >= 15 is 0 Å². The first-order chi connectivity index (χ1) is 6.87. The van der Waals surface area contributed by atoms with Crippen molar-refractivity contribution in [2.45, 2.75) is 12.6 Å². The van der Waals surface area contributed by atoms with Crippen LogP contribution in [0.5, 0.6) is 0 Å². The van der Waals surface area contributed by atoms with Gasteiger partial charge in [0, 0.05) is 0 Å². The molecule has 0 fully saturated rings. The number of hydrogen-bond donors (Lipinski definition) is 5. The van der Waals surface area contributed by atoms with Crippen LogP contribution in [0.1, 0.15) is 6.42 Å². The monoisotopic (exact) mass is 242 g/mol. The summed E-state index contributed by atoms with van der Waals surface area (Å²) in [6.45, 7) is 0.465. The zero-order valence-corrected chi connectivity index (χ0v) is 8.89. The van der Waals surface area contributed by atoms with Crippen molar-refractivity contribution >= 4 is 13.6 Å². The molecule has 0 aromatic rings. The van der Waals surface area contributed by atoms with E-state index in [0.29, 0.717) is 13.0 Å². The highest BCUT2D eigenvalue weighted by Gasteiger charge is 2.21. The first kappa shape index (κ1) is 14.5. The van der Waals surface area contributed by atoms with Crippen LogP contribution >= 0.6 is 7.60 Å². The minimum absolute atomic E-state index is 0.113. The van der Waals surface area contributed by atoms with Crippen molar-refractivity contribution in [3.8, 4) is 0 Å². The van der Waals surface area contributed by atoms with E-state index in [1.165, 1.54) is 0 Å². The van der Waals surface area contributed by atoms with Gasteiger partial charge in [0.2, 0.25) is 6.23 Å². The van der Waals surface area contributed by atoms with Gasteiger partial charge >= 0.3 is 13.6 Å². The van der Waals surface area contributed by atoms with Gasteiger partial charge in [-0.05, 0) is 13.0 Å². The van der Waals surface area contributed by atoms with Gasteiger partial charge in [-0.1, -0.05) is 0 Å². The van der Waals surface area contributed by atoms with Gasteiger partial charge in [0.25, 0.3) is 0 Å². The van der Waals surface area contributed by atoms with Crippen LogP contribution in [0.4, 0.5) is 0 Å². The quantitative estimate of drug-likeness (QED) is 0.196. The number of nitrogens with two attached hydrogens (primary N) is 1. The summed E-state index contributed by atoms with van der Waals surface area (Å²) in [5.41, 5.74) is 5.16. The molecule has 0 aliphatic rings. The Bertz CT molecular complexity index is 242. The molecule has 0 bridgehead atoms. The van der Waals surface area contributed by atoms with Gasteiger partial charge in [-0.25, -0.2) is 4.79 Å². The predicted molar refractivity (Wildman–Crippen MR) is 51.1 cm³/mol. The summed E-state index contributed by atoms with van der Waals surface area (Å²) in [7, 11) is -4.28. The number of ether oxygens (including phenoxy) is 1. The molecule has 0 saturated carbocycles. The fourth-order valence-electron chi connectivity index (χ4n) is 0.704. The SMILES string of the molecule is NCCCOC(NCP(=O)(O)O)C(=O)O. The number of hydrogen-bond acceptors (Lipinski definition) is 5. The van der Waals surface area contributed by atoms with Crippen LogP contribution in [0, 0.1) is 0 Å². The van der Waals surface area contributed by atoms with Crippen LogP contribution in [0.25, 0.3) is 0 Å². The molecule has 1 unspecified atom stereocenters. The number of nitrogens with one attached hydrogen (secondary N) is 1. The van der Waals surface area contributed by atoms with Gasteiger partial charge in [0.1, 0.15) is 6.29 Å². The molecule has 15 heavy (non-hydrogen) atoms. The van der Waals surface area contributed by atoms with Crippen LogP contribution in [0.3, 0.4) is 0 Å². The Balaban J connectivity index is 3.95. The van der Waals surface area contributed by atoms with E-state index in [0.717, 1.165) is 0 Å². The van der Waals surface area contributed by atoms with Gasteiger partial charge in [-0.15, -0.1) is 0 Å². The molecular formula is C6H15N2O6P. The van der Waals surface area contributed by atoms with E-state index in [9.17, 15) is 9.36 Å². The Morgan fingerprint density at radius 3 is 2.53 bits per heavy atom. The summed E-state index contributed by atoms with van der Waals surface area (Å²) in [6, 6.07) is 0. The van der Waals surface area contributed by atoms with Crippen LogP contribution in [0.2, 0.25) is 0 Å². The maximum atomic E-state index is 10.5. The largest absolute Gasteiger partial charge is 0.478 e. The lowest BCUT2D eigenvalue weighted by molar-refractivity contribution is -0.152. The highest BCUT2D eigenvalue weighted by atomic mass is 31.2. The fourth-order valence-corrected chi connectivity index (χ4v) is 1.11. The van der Waals surface area contributed by atoms with Gasteiger partial charge in [-0.2, -0.15) is 0 Å². The van der Waals surface area contributed by atoms with Crippen molar-refractivity contribution in [3.63, 3.8) is 0 Å². The second-order valence-electron chi connectivity index (χ2n) is 2.76. The predicted octanol–water partition coefficient (Wildman–Crippen LogP) is -1.51. The average molecular weight is 242 g/mol. The third-order valence-corrected chi connectivity index (χ3v) is 1.93. The fraction of sp³-hybridized carbons (Fsp3) is 0.833. The number of carbonyl (C=O) groups is 1. The molecule has 0 spiro atoms. The van der Waals surface area contributed by atoms with Crippen molar-refractivity contribution in [2.24, 2.45) is 5.73 Å². The van der Waals surface area contributed by atoms with Gasteiger partial charge in [-0.3, -0.25) is 9.88 Å².